The van der Waals surface area contributed by atoms with Gasteiger partial charge >= 0.3 is 0 Å². The van der Waals surface area contributed by atoms with E-state index in [0.717, 1.165) is 11.1 Å². The molecule has 7 heteroatoms. The Bertz CT molecular complexity index is 832. The maximum Gasteiger partial charge on any atom is 0.186 e. The van der Waals surface area contributed by atoms with Gasteiger partial charge in [0.25, 0.3) is 0 Å². The predicted octanol–water partition coefficient (Wildman–Crippen LogP) is 4.12. The Labute approximate surface area is 133 Å². The van der Waals surface area contributed by atoms with E-state index >= 15 is 0 Å². The first-order chi connectivity index (χ1) is 10.6. The molecular weight excluding hydrogens is 327 g/mol. The van der Waals surface area contributed by atoms with Crippen molar-refractivity contribution < 1.29 is 13.2 Å². The van der Waals surface area contributed by atoms with Crippen molar-refractivity contribution in [2.24, 2.45) is 0 Å². The number of nitrogens with one attached hydrogen (secondary N) is 1. The van der Waals surface area contributed by atoms with E-state index in [1.165, 1.54) is 12.1 Å². The van der Waals surface area contributed by atoms with Crippen molar-refractivity contribution in [3.63, 3.8) is 0 Å². The van der Waals surface area contributed by atoms with Gasteiger partial charge in [-0.15, -0.1) is 0 Å². The second-order valence-corrected chi connectivity index (χ2v) is 5.89. The summed E-state index contributed by atoms with van der Waals surface area (Å²) < 4.78 is 33.1. The van der Waals surface area contributed by atoms with Crippen LogP contribution in [0.3, 0.4) is 0 Å². The lowest BCUT2D eigenvalue weighted by Gasteiger charge is -2.04. The Hall–Kier alpha value is -2.02. The van der Waals surface area contributed by atoms with Crippen molar-refractivity contribution >= 4 is 22.7 Å². The molecule has 0 saturated heterocycles. The summed E-state index contributed by atoms with van der Waals surface area (Å²) in [5.74, 6) is -0.334. The summed E-state index contributed by atoms with van der Waals surface area (Å²) in [6.07, 6.45) is 0. The van der Waals surface area contributed by atoms with Crippen LogP contribution in [0.5, 0.6) is 0 Å². The van der Waals surface area contributed by atoms with E-state index < -0.39 is 11.1 Å². The Kier molecular flexibility index (Phi) is 4.06. The second kappa shape index (κ2) is 6.00. The van der Waals surface area contributed by atoms with Gasteiger partial charge in [-0.3, -0.25) is 5.10 Å². The summed E-state index contributed by atoms with van der Waals surface area (Å²) in [6, 6.07) is 12.4. The van der Waals surface area contributed by atoms with Gasteiger partial charge in [0, 0.05) is 11.1 Å². The van der Waals surface area contributed by atoms with Crippen molar-refractivity contribution in [2.45, 2.75) is 4.90 Å². The van der Waals surface area contributed by atoms with Crippen LogP contribution in [0.4, 0.5) is 4.39 Å². The minimum atomic E-state index is -2.03. The van der Waals surface area contributed by atoms with E-state index in [-0.39, 0.29) is 5.82 Å². The minimum Gasteiger partial charge on any atom is -0.302 e. The summed E-state index contributed by atoms with van der Waals surface area (Å²) in [7, 11) is 0. The molecule has 1 atom stereocenters. The molecule has 22 heavy (non-hydrogen) atoms. The SMILES string of the molecule is O=S(O)c1ccc(-c2n[nH]c(Cl)c2-c2ccc(F)cc2)cc1. The van der Waals surface area contributed by atoms with Gasteiger partial charge in [-0.05, 0) is 29.8 Å². The second-order valence-electron chi connectivity index (χ2n) is 4.54. The fraction of sp³-hybridized carbons (Fsp3) is 0. The van der Waals surface area contributed by atoms with E-state index in [0.29, 0.717) is 21.3 Å². The highest BCUT2D eigenvalue weighted by molar-refractivity contribution is 7.79. The standard InChI is InChI=1S/C15H10ClFN2O2S/c16-15-13(9-1-5-11(17)6-2-9)14(18-19-15)10-3-7-12(8-4-10)22(20)21/h1-8H,(H,18,19)(H,20,21). The number of H-pyrrole nitrogens is 1. The molecule has 112 valence electrons. The summed E-state index contributed by atoms with van der Waals surface area (Å²) in [5, 5.41) is 7.21. The molecule has 1 aromatic heterocycles. The molecule has 0 radical (unpaired) electrons. The summed E-state index contributed by atoms with van der Waals surface area (Å²) in [4.78, 5) is 0.300. The highest BCUT2D eigenvalue weighted by atomic mass is 35.5. The van der Waals surface area contributed by atoms with E-state index in [1.807, 2.05) is 0 Å². The first-order valence-electron chi connectivity index (χ1n) is 6.27. The summed E-state index contributed by atoms with van der Waals surface area (Å²) in [6.45, 7) is 0. The Balaban J connectivity index is 2.09. The molecule has 2 N–H and O–H groups in total. The van der Waals surface area contributed by atoms with Crippen LogP contribution in [-0.2, 0) is 11.1 Å². The van der Waals surface area contributed by atoms with Crippen LogP contribution < -0.4 is 0 Å². The molecule has 0 amide bonds. The van der Waals surface area contributed by atoms with Crippen LogP contribution in [0.25, 0.3) is 22.4 Å². The largest absolute Gasteiger partial charge is 0.302 e. The van der Waals surface area contributed by atoms with Crippen LogP contribution in [0, 0.1) is 5.82 Å². The van der Waals surface area contributed by atoms with Gasteiger partial charge in [0.2, 0.25) is 0 Å². The lowest BCUT2D eigenvalue weighted by Crippen LogP contribution is -1.89. The first-order valence-corrected chi connectivity index (χ1v) is 7.76. The highest BCUT2D eigenvalue weighted by Gasteiger charge is 2.16. The molecule has 1 unspecified atom stereocenters. The van der Waals surface area contributed by atoms with Gasteiger partial charge in [0.1, 0.15) is 16.7 Å². The monoisotopic (exact) mass is 336 g/mol. The molecule has 0 fully saturated rings. The first kappa shape index (κ1) is 14.9. The zero-order valence-electron chi connectivity index (χ0n) is 11.1. The van der Waals surface area contributed by atoms with Gasteiger partial charge in [0.05, 0.1) is 4.90 Å². The summed E-state index contributed by atoms with van der Waals surface area (Å²) in [5.41, 5.74) is 2.70. The lowest BCUT2D eigenvalue weighted by atomic mass is 10.0. The van der Waals surface area contributed by atoms with Gasteiger partial charge in [0.15, 0.2) is 11.1 Å². The molecule has 1 heterocycles. The molecule has 4 nitrogen and oxygen atoms in total. The van der Waals surface area contributed by atoms with Crippen molar-refractivity contribution in [2.75, 3.05) is 0 Å². The fourth-order valence-electron chi connectivity index (χ4n) is 2.14. The van der Waals surface area contributed by atoms with E-state index in [1.54, 1.807) is 36.4 Å². The molecule has 3 rings (SSSR count). The van der Waals surface area contributed by atoms with Gasteiger partial charge in [-0.1, -0.05) is 35.9 Å². The molecule has 3 aromatic rings. The molecular formula is C15H10ClFN2O2S. The number of halogens is 2. The molecule has 0 bridgehead atoms. The normalized spacial score (nSPS) is 12.3. The number of benzene rings is 2. The molecule has 0 saturated carbocycles. The number of aromatic amines is 1. The fourth-order valence-corrected chi connectivity index (χ4v) is 2.75. The van der Waals surface area contributed by atoms with Gasteiger partial charge < -0.3 is 4.55 Å². The van der Waals surface area contributed by atoms with E-state index in [2.05, 4.69) is 10.2 Å². The maximum atomic E-state index is 13.1. The Morgan fingerprint density at radius 3 is 2.23 bits per heavy atom. The molecule has 0 aliphatic carbocycles. The number of rotatable bonds is 3. The van der Waals surface area contributed by atoms with Gasteiger partial charge in [-0.2, -0.15) is 5.10 Å². The average molecular weight is 337 g/mol. The topological polar surface area (TPSA) is 66.0 Å². The third kappa shape index (κ3) is 2.81. The van der Waals surface area contributed by atoms with Crippen LogP contribution >= 0.6 is 11.6 Å². The van der Waals surface area contributed by atoms with Crippen molar-refractivity contribution in [1.82, 2.24) is 10.2 Å². The van der Waals surface area contributed by atoms with Crippen molar-refractivity contribution in [1.29, 1.82) is 0 Å². The molecule has 0 spiro atoms. The predicted molar refractivity (Wildman–Crippen MR) is 83.5 cm³/mol. The quantitative estimate of drug-likeness (QED) is 0.707. The Morgan fingerprint density at radius 1 is 1.05 bits per heavy atom. The molecule has 2 aromatic carbocycles. The lowest BCUT2D eigenvalue weighted by molar-refractivity contribution is 0.564. The average Bonchev–Trinajstić information content (AvgIpc) is 2.90. The Morgan fingerprint density at radius 2 is 1.64 bits per heavy atom. The summed E-state index contributed by atoms with van der Waals surface area (Å²) >= 11 is 4.12. The minimum absolute atomic E-state index is 0.300. The number of nitrogens with zero attached hydrogens (tertiary/aromatic N) is 1. The zero-order valence-corrected chi connectivity index (χ0v) is 12.7. The van der Waals surface area contributed by atoms with Crippen molar-refractivity contribution in [3.8, 4) is 22.4 Å². The van der Waals surface area contributed by atoms with Crippen LogP contribution in [0.15, 0.2) is 53.4 Å². The molecule has 0 aliphatic heterocycles. The number of aromatic nitrogens is 2. The maximum absolute atomic E-state index is 13.1. The third-order valence-electron chi connectivity index (χ3n) is 3.18. The van der Waals surface area contributed by atoms with Crippen LogP contribution in [-0.4, -0.2) is 19.0 Å². The van der Waals surface area contributed by atoms with E-state index in [4.69, 9.17) is 16.2 Å². The zero-order chi connectivity index (χ0) is 15.7. The van der Waals surface area contributed by atoms with Crippen LogP contribution in [0.2, 0.25) is 5.15 Å². The smallest absolute Gasteiger partial charge is 0.186 e. The highest BCUT2D eigenvalue weighted by Crippen LogP contribution is 2.35. The third-order valence-corrected chi connectivity index (χ3v) is 4.13. The van der Waals surface area contributed by atoms with E-state index in [9.17, 15) is 8.60 Å². The van der Waals surface area contributed by atoms with Crippen molar-refractivity contribution in [3.05, 3.63) is 59.5 Å². The number of hydrogen-bond donors (Lipinski definition) is 2. The molecule has 0 aliphatic rings. The number of hydrogen-bond acceptors (Lipinski definition) is 2. The van der Waals surface area contributed by atoms with Gasteiger partial charge in [-0.25, -0.2) is 8.60 Å². The van der Waals surface area contributed by atoms with Crippen LogP contribution in [0.1, 0.15) is 0 Å².